The Kier molecular flexibility index (Phi) is 7.42. The van der Waals surface area contributed by atoms with Crippen LogP contribution >= 0.6 is 11.6 Å². The minimum atomic E-state index is -1.13. The maximum Gasteiger partial charge on any atom is 0.141 e. The zero-order valence-electron chi connectivity index (χ0n) is 10.2. The Labute approximate surface area is 114 Å². The van der Waals surface area contributed by atoms with Gasteiger partial charge in [-0.15, -0.1) is 0 Å². The molecule has 0 saturated carbocycles. The van der Waals surface area contributed by atoms with Gasteiger partial charge in [-0.05, 0) is 31.2 Å². The number of halogens is 2. The Balaban J connectivity index is 2.30. The molecule has 0 spiro atoms. The van der Waals surface area contributed by atoms with E-state index in [9.17, 15) is 8.60 Å². The zero-order valence-corrected chi connectivity index (χ0v) is 11.8. The summed E-state index contributed by atoms with van der Waals surface area (Å²) in [5, 5.41) is 3.18. The number of hydrogen-bond acceptors (Lipinski definition) is 3. The Bertz CT molecular complexity index is 404. The number of benzene rings is 1. The molecule has 0 aliphatic rings. The van der Waals surface area contributed by atoms with E-state index >= 15 is 0 Å². The minimum Gasteiger partial charge on any atom is -0.383 e. The first-order chi connectivity index (χ1) is 8.65. The number of ether oxygens (including phenoxy) is 1. The highest BCUT2D eigenvalue weighted by molar-refractivity contribution is 7.85. The van der Waals surface area contributed by atoms with Crippen LogP contribution in [0.2, 0.25) is 5.02 Å². The van der Waals surface area contributed by atoms with Crippen molar-refractivity contribution in [3.05, 3.63) is 29.0 Å². The number of methoxy groups -OCH3 is 1. The summed E-state index contributed by atoms with van der Waals surface area (Å²) in [4.78, 5) is 0.568. The van der Waals surface area contributed by atoms with E-state index in [4.69, 9.17) is 16.3 Å². The van der Waals surface area contributed by atoms with E-state index in [1.807, 2.05) is 0 Å². The molecule has 0 amide bonds. The molecule has 3 nitrogen and oxygen atoms in total. The van der Waals surface area contributed by atoms with Crippen molar-refractivity contribution >= 4 is 22.4 Å². The third-order valence-electron chi connectivity index (χ3n) is 2.32. The minimum absolute atomic E-state index is 0.0130. The van der Waals surface area contributed by atoms with Crippen molar-refractivity contribution in [1.29, 1.82) is 0 Å². The molecule has 1 N–H and O–H groups in total. The molecule has 1 rings (SSSR count). The van der Waals surface area contributed by atoms with Gasteiger partial charge in [-0.2, -0.15) is 0 Å². The molecule has 0 fully saturated rings. The smallest absolute Gasteiger partial charge is 0.141 e. The van der Waals surface area contributed by atoms with Crippen molar-refractivity contribution in [2.24, 2.45) is 0 Å². The first-order valence-corrected chi connectivity index (χ1v) is 7.38. The van der Waals surface area contributed by atoms with Crippen LogP contribution in [0.5, 0.6) is 0 Å². The van der Waals surface area contributed by atoms with E-state index in [0.717, 1.165) is 19.5 Å². The molecule has 102 valence electrons. The lowest BCUT2D eigenvalue weighted by Gasteiger charge is -2.05. The van der Waals surface area contributed by atoms with Crippen molar-refractivity contribution in [1.82, 2.24) is 5.32 Å². The van der Waals surface area contributed by atoms with Gasteiger partial charge < -0.3 is 10.1 Å². The maximum atomic E-state index is 12.9. The molecule has 1 aromatic carbocycles. The topological polar surface area (TPSA) is 38.3 Å². The van der Waals surface area contributed by atoms with Crippen molar-refractivity contribution in [3.8, 4) is 0 Å². The highest BCUT2D eigenvalue weighted by Crippen LogP contribution is 2.18. The third kappa shape index (κ3) is 5.44. The number of hydrogen-bond donors (Lipinski definition) is 1. The lowest BCUT2D eigenvalue weighted by Crippen LogP contribution is -2.21. The summed E-state index contributed by atoms with van der Waals surface area (Å²) in [6.07, 6.45) is 0.783. The van der Waals surface area contributed by atoms with Crippen LogP contribution in [-0.2, 0) is 15.5 Å². The molecule has 0 aromatic heterocycles. The fourth-order valence-corrected chi connectivity index (χ4v) is 2.72. The monoisotopic (exact) mass is 293 g/mol. The van der Waals surface area contributed by atoms with E-state index in [0.29, 0.717) is 17.3 Å². The summed E-state index contributed by atoms with van der Waals surface area (Å²) < 4.78 is 29.7. The fraction of sp³-hybridized carbons (Fsp3) is 0.500. The maximum absolute atomic E-state index is 12.9. The summed E-state index contributed by atoms with van der Waals surface area (Å²) >= 11 is 5.64. The molecule has 1 unspecified atom stereocenters. The van der Waals surface area contributed by atoms with Crippen molar-refractivity contribution in [2.45, 2.75) is 11.3 Å². The Morgan fingerprint density at radius 3 is 2.89 bits per heavy atom. The highest BCUT2D eigenvalue weighted by Gasteiger charge is 2.07. The van der Waals surface area contributed by atoms with E-state index in [2.05, 4.69) is 5.32 Å². The van der Waals surface area contributed by atoms with Crippen LogP contribution in [0.25, 0.3) is 0 Å². The van der Waals surface area contributed by atoms with Crippen molar-refractivity contribution in [2.75, 3.05) is 32.6 Å². The molecule has 6 heteroatoms. The van der Waals surface area contributed by atoms with Crippen LogP contribution in [0.3, 0.4) is 0 Å². The molecule has 0 aliphatic carbocycles. The first-order valence-electron chi connectivity index (χ1n) is 5.68. The van der Waals surface area contributed by atoms with Gasteiger partial charge in [0.2, 0.25) is 0 Å². The molecule has 0 radical (unpaired) electrons. The van der Waals surface area contributed by atoms with Gasteiger partial charge in [0.25, 0.3) is 0 Å². The zero-order chi connectivity index (χ0) is 13.4. The van der Waals surface area contributed by atoms with E-state index in [-0.39, 0.29) is 5.02 Å². The third-order valence-corrected chi connectivity index (χ3v) is 4.05. The Morgan fingerprint density at radius 1 is 1.44 bits per heavy atom. The second-order valence-electron chi connectivity index (χ2n) is 3.72. The van der Waals surface area contributed by atoms with Crippen molar-refractivity contribution in [3.63, 3.8) is 0 Å². The quantitative estimate of drug-likeness (QED) is 0.747. The van der Waals surface area contributed by atoms with Crippen LogP contribution in [0.4, 0.5) is 4.39 Å². The van der Waals surface area contributed by atoms with Crippen LogP contribution in [-0.4, -0.2) is 36.8 Å². The average Bonchev–Trinajstić information content (AvgIpc) is 2.36. The summed E-state index contributed by atoms with van der Waals surface area (Å²) in [6.45, 7) is 2.23. The predicted octanol–water partition coefficient (Wildman–Crippen LogP) is 2.21. The van der Waals surface area contributed by atoms with Gasteiger partial charge in [0, 0.05) is 24.3 Å². The molecule has 0 saturated heterocycles. The summed E-state index contributed by atoms with van der Waals surface area (Å²) in [5.74, 6) is 0.0423. The Hall–Kier alpha value is -0.490. The van der Waals surface area contributed by atoms with Crippen molar-refractivity contribution < 1.29 is 13.3 Å². The highest BCUT2D eigenvalue weighted by atomic mass is 35.5. The molecular weight excluding hydrogens is 277 g/mol. The van der Waals surface area contributed by atoms with Gasteiger partial charge in [-0.25, -0.2) is 4.39 Å². The molecule has 0 bridgehead atoms. The SMILES string of the molecule is COCCNCCCS(=O)c1ccc(F)c(Cl)c1. The molecule has 1 atom stereocenters. The van der Waals surface area contributed by atoms with Gasteiger partial charge in [0.05, 0.1) is 22.4 Å². The first kappa shape index (κ1) is 15.6. The normalized spacial score (nSPS) is 12.6. The van der Waals surface area contributed by atoms with Crippen LogP contribution in [0, 0.1) is 5.82 Å². The summed E-state index contributed by atoms with van der Waals surface area (Å²) in [7, 11) is 0.516. The molecular formula is C12H17ClFNO2S. The van der Waals surface area contributed by atoms with E-state index in [1.165, 1.54) is 18.2 Å². The standard InChI is InChI=1S/C12H17ClFNO2S/c1-17-7-6-15-5-2-8-18(16)10-3-4-12(14)11(13)9-10/h3-4,9,15H,2,5-8H2,1H3. The predicted molar refractivity (Wildman–Crippen MR) is 72.0 cm³/mol. The number of rotatable bonds is 8. The second kappa shape index (κ2) is 8.58. The summed E-state index contributed by atoms with van der Waals surface area (Å²) in [6, 6.07) is 4.17. The average molecular weight is 294 g/mol. The van der Waals surface area contributed by atoms with Crippen LogP contribution < -0.4 is 5.32 Å². The molecule has 0 heterocycles. The second-order valence-corrected chi connectivity index (χ2v) is 5.70. The fourth-order valence-electron chi connectivity index (χ4n) is 1.36. The lowest BCUT2D eigenvalue weighted by atomic mass is 10.3. The van der Waals surface area contributed by atoms with E-state index in [1.54, 1.807) is 7.11 Å². The van der Waals surface area contributed by atoms with Gasteiger partial charge in [-0.3, -0.25) is 4.21 Å². The van der Waals surface area contributed by atoms with Gasteiger partial charge in [0.15, 0.2) is 0 Å². The number of nitrogens with one attached hydrogen (secondary N) is 1. The molecule has 18 heavy (non-hydrogen) atoms. The van der Waals surface area contributed by atoms with Gasteiger partial charge in [0.1, 0.15) is 5.82 Å². The molecule has 0 aliphatic heterocycles. The van der Waals surface area contributed by atoms with E-state index < -0.39 is 16.6 Å². The van der Waals surface area contributed by atoms with Crippen LogP contribution in [0.1, 0.15) is 6.42 Å². The summed E-state index contributed by atoms with van der Waals surface area (Å²) in [5.41, 5.74) is 0. The molecule has 1 aromatic rings. The lowest BCUT2D eigenvalue weighted by molar-refractivity contribution is 0.199. The largest absolute Gasteiger partial charge is 0.383 e. The Morgan fingerprint density at radius 2 is 2.22 bits per heavy atom. The van der Waals surface area contributed by atoms with Gasteiger partial charge in [-0.1, -0.05) is 11.6 Å². The van der Waals surface area contributed by atoms with Gasteiger partial charge >= 0.3 is 0 Å². The van der Waals surface area contributed by atoms with Crippen LogP contribution in [0.15, 0.2) is 23.1 Å².